The molecule has 0 aromatic heterocycles. The first-order valence-electron chi connectivity index (χ1n) is 7.66. The zero-order valence-electron chi connectivity index (χ0n) is 12.9. The zero-order chi connectivity index (χ0) is 15.3. The smallest absolute Gasteiger partial charge is 0.151 e. The molecule has 2 rings (SSSR count). The maximum Gasteiger partial charge on any atom is 0.151 e. The highest BCUT2D eigenvalue weighted by molar-refractivity contribution is 7.91. The molecule has 1 fully saturated rings. The van der Waals surface area contributed by atoms with Crippen molar-refractivity contribution < 1.29 is 13.2 Å². The summed E-state index contributed by atoms with van der Waals surface area (Å²) in [5.74, 6) is 1.49. The van der Waals surface area contributed by atoms with Crippen molar-refractivity contribution in [2.75, 3.05) is 18.1 Å². The molecule has 1 aliphatic rings. The van der Waals surface area contributed by atoms with Crippen molar-refractivity contribution in [3.63, 3.8) is 0 Å². The molecule has 118 valence electrons. The van der Waals surface area contributed by atoms with Gasteiger partial charge in [0.15, 0.2) is 9.84 Å². The van der Waals surface area contributed by atoms with Gasteiger partial charge in [0.05, 0.1) is 18.1 Å². The highest BCUT2D eigenvalue weighted by Crippen LogP contribution is 2.21. The fraction of sp³-hybridized carbons (Fsp3) is 0.625. The third-order valence-electron chi connectivity index (χ3n) is 3.73. The van der Waals surface area contributed by atoms with Crippen molar-refractivity contribution in [2.24, 2.45) is 0 Å². The van der Waals surface area contributed by atoms with Crippen molar-refractivity contribution in [3.05, 3.63) is 29.3 Å². The SMILES string of the molecule is CCCOc1cc(C)ccc1CN[C@@H]1CCCS(=O)(=O)C1. The Hall–Kier alpha value is -1.07. The number of ether oxygens (including phenoxy) is 1. The second-order valence-electron chi connectivity index (χ2n) is 5.79. The van der Waals surface area contributed by atoms with Crippen molar-refractivity contribution in [2.45, 2.75) is 45.7 Å². The van der Waals surface area contributed by atoms with Crippen LogP contribution >= 0.6 is 0 Å². The highest BCUT2D eigenvalue weighted by atomic mass is 32.2. The lowest BCUT2D eigenvalue weighted by Crippen LogP contribution is -2.39. The molecule has 4 nitrogen and oxygen atoms in total. The van der Waals surface area contributed by atoms with E-state index in [1.165, 1.54) is 5.56 Å². The third kappa shape index (κ3) is 5.00. The van der Waals surface area contributed by atoms with Gasteiger partial charge in [-0.15, -0.1) is 0 Å². The fourth-order valence-corrected chi connectivity index (χ4v) is 4.26. The summed E-state index contributed by atoms with van der Waals surface area (Å²) >= 11 is 0. The molecule has 1 heterocycles. The van der Waals surface area contributed by atoms with Gasteiger partial charge in [-0.25, -0.2) is 8.42 Å². The molecule has 0 amide bonds. The molecule has 1 aromatic carbocycles. The van der Waals surface area contributed by atoms with Crippen molar-refractivity contribution >= 4 is 9.84 Å². The zero-order valence-corrected chi connectivity index (χ0v) is 13.7. The van der Waals surface area contributed by atoms with Gasteiger partial charge < -0.3 is 10.1 Å². The van der Waals surface area contributed by atoms with Crippen LogP contribution in [0.15, 0.2) is 18.2 Å². The number of hydrogen-bond acceptors (Lipinski definition) is 4. The number of sulfone groups is 1. The molecule has 1 saturated heterocycles. The number of benzene rings is 1. The molecule has 0 bridgehead atoms. The maximum atomic E-state index is 11.7. The number of rotatable bonds is 6. The Bertz CT molecular complexity index is 569. The molecular weight excluding hydrogens is 286 g/mol. The van der Waals surface area contributed by atoms with E-state index in [2.05, 4.69) is 24.4 Å². The predicted octanol–water partition coefficient (Wildman–Crippen LogP) is 2.45. The first kappa shape index (κ1) is 16.3. The van der Waals surface area contributed by atoms with E-state index in [1.807, 2.05) is 13.0 Å². The number of nitrogens with one attached hydrogen (secondary N) is 1. The summed E-state index contributed by atoms with van der Waals surface area (Å²) in [7, 11) is -2.86. The van der Waals surface area contributed by atoms with E-state index in [-0.39, 0.29) is 11.8 Å². The molecule has 0 aliphatic carbocycles. The van der Waals surface area contributed by atoms with E-state index in [9.17, 15) is 8.42 Å². The van der Waals surface area contributed by atoms with Crippen LogP contribution in [0.4, 0.5) is 0 Å². The van der Waals surface area contributed by atoms with Crippen molar-refractivity contribution in [3.8, 4) is 5.75 Å². The van der Waals surface area contributed by atoms with Crippen molar-refractivity contribution in [1.29, 1.82) is 0 Å². The minimum Gasteiger partial charge on any atom is -0.493 e. The standard InChI is InChI=1S/C16H25NO3S/c1-3-8-20-16-10-13(2)6-7-14(16)11-17-15-5-4-9-21(18,19)12-15/h6-7,10,15,17H,3-5,8-9,11-12H2,1-2H3/t15-/m1/s1. The van der Waals surface area contributed by atoms with Gasteiger partial charge >= 0.3 is 0 Å². The van der Waals surface area contributed by atoms with Crippen LogP contribution in [0.2, 0.25) is 0 Å². The minimum absolute atomic E-state index is 0.0593. The van der Waals surface area contributed by atoms with E-state index in [0.29, 0.717) is 18.9 Å². The van der Waals surface area contributed by atoms with Gasteiger partial charge in [0.25, 0.3) is 0 Å². The number of hydrogen-bond donors (Lipinski definition) is 1. The molecule has 1 atom stereocenters. The average molecular weight is 311 g/mol. The van der Waals surface area contributed by atoms with E-state index >= 15 is 0 Å². The van der Waals surface area contributed by atoms with E-state index in [1.54, 1.807) is 0 Å². The van der Waals surface area contributed by atoms with E-state index in [4.69, 9.17) is 4.74 Å². The van der Waals surface area contributed by atoms with Crippen LogP contribution in [-0.2, 0) is 16.4 Å². The predicted molar refractivity (Wildman–Crippen MR) is 85.5 cm³/mol. The van der Waals surface area contributed by atoms with Gasteiger partial charge in [-0.3, -0.25) is 0 Å². The van der Waals surface area contributed by atoms with Crippen LogP contribution in [-0.4, -0.2) is 32.6 Å². The van der Waals surface area contributed by atoms with Gasteiger partial charge in [0, 0.05) is 18.2 Å². The Balaban J connectivity index is 1.99. The second-order valence-corrected chi connectivity index (χ2v) is 8.02. The quantitative estimate of drug-likeness (QED) is 0.877. The van der Waals surface area contributed by atoms with Crippen LogP contribution in [0.5, 0.6) is 5.75 Å². The summed E-state index contributed by atoms with van der Waals surface area (Å²) in [6.45, 7) is 5.48. The largest absolute Gasteiger partial charge is 0.493 e. The van der Waals surface area contributed by atoms with Crippen LogP contribution in [0.1, 0.15) is 37.3 Å². The van der Waals surface area contributed by atoms with Gasteiger partial charge in [-0.2, -0.15) is 0 Å². The first-order chi connectivity index (χ1) is 10.00. The summed E-state index contributed by atoms with van der Waals surface area (Å²) in [6.07, 6.45) is 2.66. The second kappa shape index (κ2) is 7.27. The Morgan fingerprint density at radius 2 is 2.19 bits per heavy atom. The molecule has 0 radical (unpaired) electrons. The van der Waals surface area contributed by atoms with Gasteiger partial charge in [0.1, 0.15) is 5.75 Å². The molecule has 1 N–H and O–H groups in total. The lowest BCUT2D eigenvalue weighted by molar-refractivity contribution is 0.312. The van der Waals surface area contributed by atoms with Crippen molar-refractivity contribution in [1.82, 2.24) is 5.32 Å². The van der Waals surface area contributed by atoms with E-state index < -0.39 is 9.84 Å². The highest BCUT2D eigenvalue weighted by Gasteiger charge is 2.24. The Morgan fingerprint density at radius 3 is 2.90 bits per heavy atom. The summed E-state index contributed by atoms with van der Waals surface area (Å²) in [4.78, 5) is 0. The summed E-state index contributed by atoms with van der Waals surface area (Å²) in [5.41, 5.74) is 2.27. The van der Waals surface area contributed by atoms with Gasteiger partial charge in [0.2, 0.25) is 0 Å². The average Bonchev–Trinajstić information content (AvgIpc) is 2.43. The van der Waals surface area contributed by atoms with E-state index in [0.717, 1.165) is 30.6 Å². The number of aryl methyl sites for hydroxylation is 1. The van der Waals surface area contributed by atoms with Crippen LogP contribution in [0.25, 0.3) is 0 Å². The fourth-order valence-electron chi connectivity index (χ4n) is 2.59. The van der Waals surface area contributed by atoms with Gasteiger partial charge in [-0.1, -0.05) is 19.1 Å². The Labute approximate surface area is 127 Å². The van der Waals surface area contributed by atoms with Crippen LogP contribution in [0, 0.1) is 6.92 Å². The lowest BCUT2D eigenvalue weighted by atomic mass is 10.1. The first-order valence-corrected chi connectivity index (χ1v) is 9.48. The van der Waals surface area contributed by atoms with Crippen LogP contribution < -0.4 is 10.1 Å². The third-order valence-corrected chi connectivity index (χ3v) is 5.55. The molecule has 0 spiro atoms. The Morgan fingerprint density at radius 1 is 1.38 bits per heavy atom. The summed E-state index contributed by atoms with van der Waals surface area (Å²) in [6, 6.07) is 6.23. The molecular formula is C16H25NO3S. The van der Waals surface area contributed by atoms with Crippen LogP contribution in [0.3, 0.4) is 0 Å². The molecule has 5 heteroatoms. The molecule has 0 saturated carbocycles. The normalized spacial score (nSPS) is 21.1. The summed E-state index contributed by atoms with van der Waals surface area (Å²) in [5, 5.41) is 3.37. The molecule has 0 unspecified atom stereocenters. The molecule has 21 heavy (non-hydrogen) atoms. The molecule has 1 aliphatic heterocycles. The summed E-state index contributed by atoms with van der Waals surface area (Å²) < 4.78 is 29.1. The Kier molecular flexibility index (Phi) is 5.65. The monoisotopic (exact) mass is 311 g/mol. The lowest BCUT2D eigenvalue weighted by Gasteiger charge is -2.23. The topological polar surface area (TPSA) is 55.4 Å². The van der Waals surface area contributed by atoms with Gasteiger partial charge in [-0.05, 0) is 37.8 Å². The minimum atomic E-state index is -2.86. The molecule has 1 aromatic rings. The maximum absolute atomic E-state index is 11.7.